The molecule has 0 spiro atoms. The van der Waals surface area contributed by atoms with Crippen LogP contribution in [0.25, 0.3) is 0 Å². The van der Waals surface area contributed by atoms with Crippen LogP contribution < -0.4 is 10.6 Å². The van der Waals surface area contributed by atoms with Crippen molar-refractivity contribution in [1.82, 2.24) is 10.6 Å². The van der Waals surface area contributed by atoms with Gasteiger partial charge in [-0.05, 0) is 24.7 Å². The third-order valence-electron chi connectivity index (χ3n) is 2.53. The van der Waals surface area contributed by atoms with Gasteiger partial charge in [0.1, 0.15) is 0 Å². The fraction of sp³-hybridized carbons (Fsp3) is 0.900. The van der Waals surface area contributed by atoms with E-state index in [1.807, 2.05) is 0 Å². The van der Waals surface area contributed by atoms with E-state index < -0.39 is 0 Å². The smallest absolute Gasteiger partial charge is 0.315 e. The highest BCUT2D eigenvalue weighted by Gasteiger charge is 2.33. The predicted octanol–water partition coefficient (Wildman–Crippen LogP) is 1.96. The zero-order valence-electron chi connectivity index (χ0n) is 8.85. The first-order valence-corrected chi connectivity index (χ1v) is 5.79. The van der Waals surface area contributed by atoms with E-state index in [1.54, 1.807) is 0 Å². The van der Waals surface area contributed by atoms with Gasteiger partial charge in [-0.25, -0.2) is 4.79 Å². The van der Waals surface area contributed by atoms with Crippen molar-refractivity contribution in [3.63, 3.8) is 0 Å². The fourth-order valence-corrected chi connectivity index (χ4v) is 1.74. The quantitative estimate of drug-likeness (QED) is 0.681. The van der Waals surface area contributed by atoms with Crippen LogP contribution in [0.3, 0.4) is 0 Å². The molecular weight excluding hydrogens is 200 g/mol. The number of amides is 2. The molecule has 0 aromatic carbocycles. The molecule has 14 heavy (non-hydrogen) atoms. The molecule has 82 valence electrons. The summed E-state index contributed by atoms with van der Waals surface area (Å²) in [5.74, 6) is 1.66. The number of carbonyl (C=O) groups excluding carboxylic acids is 1. The standard InChI is InChI=1S/C10H19ClN2O/c1-7(2)9(8-3-4-8)13-10(14)12-6-5-11/h7-9H,3-6H2,1-2H3,(H2,12,13,14). The molecule has 0 aromatic heterocycles. The number of urea groups is 1. The normalized spacial score (nSPS) is 18.0. The molecule has 3 nitrogen and oxygen atoms in total. The molecule has 0 bridgehead atoms. The highest BCUT2D eigenvalue weighted by atomic mass is 35.5. The minimum atomic E-state index is -0.0868. The minimum absolute atomic E-state index is 0.0868. The van der Waals surface area contributed by atoms with E-state index in [0.717, 1.165) is 0 Å². The van der Waals surface area contributed by atoms with Crippen LogP contribution in [-0.4, -0.2) is 24.5 Å². The van der Waals surface area contributed by atoms with E-state index in [4.69, 9.17) is 11.6 Å². The van der Waals surface area contributed by atoms with Crippen molar-refractivity contribution < 1.29 is 4.79 Å². The molecule has 2 N–H and O–H groups in total. The molecule has 0 radical (unpaired) electrons. The molecule has 0 aromatic rings. The summed E-state index contributed by atoms with van der Waals surface area (Å²) < 4.78 is 0. The lowest BCUT2D eigenvalue weighted by molar-refractivity contribution is 0.230. The summed E-state index contributed by atoms with van der Waals surface area (Å²) in [5, 5.41) is 5.72. The average Bonchev–Trinajstić information content (AvgIpc) is 2.93. The Labute approximate surface area is 90.6 Å². The molecule has 1 rings (SSSR count). The molecule has 4 heteroatoms. The SMILES string of the molecule is CC(C)C(NC(=O)NCCCl)C1CC1. The van der Waals surface area contributed by atoms with Gasteiger partial charge in [-0.3, -0.25) is 0 Å². The molecule has 1 unspecified atom stereocenters. The Morgan fingerprint density at radius 1 is 1.50 bits per heavy atom. The molecule has 1 aliphatic carbocycles. The van der Waals surface area contributed by atoms with Gasteiger partial charge in [-0.2, -0.15) is 0 Å². The van der Waals surface area contributed by atoms with Crippen molar-refractivity contribution in [2.75, 3.05) is 12.4 Å². The zero-order valence-corrected chi connectivity index (χ0v) is 9.60. The second-order valence-corrected chi connectivity index (χ2v) is 4.57. The Morgan fingerprint density at radius 3 is 2.57 bits per heavy atom. The molecule has 1 fully saturated rings. The van der Waals surface area contributed by atoms with Gasteiger partial charge < -0.3 is 10.6 Å². The van der Waals surface area contributed by atoms with Crippen LogP contribution in [0.5, 0.6) is 0 Å². The third-order valence-corrected chi connectivity index (χ3v) is 2.71. The summed E-state index contributed by atoms with van der Waals surface area (Å²) in [6.45, 7) is 4.82. The number of hydrogen-bond donors (Lipinski definition) is 2. The summed E-state index contributed by atoms with van der Waals surface area (Å²) in [4.78, 5) is 11.4. The topological polar surface area (TPSA) is 41.1 Å². The molecule has 1 atom stereocenters. The molecule has 1 saturated carbocycles. The first-order valence-electron chi connectivity index (χ1n) is 5.25. The monoisotopic (exact) mass is 218 g/mol. The highest BCUT2D eigenvalue weighted by molar-refractivity contribution is 6.18. The first-order chi connectivity index (χ1) is 6.65. The number of halogens is 1. The number of alkyl halides is 1. The van der Waals surface area contributed by atoms with Crippen LogP contribution >= 0.6 is 11.6 Å². The van der Waals surface area contributed by atoms with Gasteiger partial charge in [-0.1, -0.05) is 13.8 Å². The first kappa shape index (κ1) is 11.6. The zero-order chi connectivity index (χ0) is 10.6. The fourth-order valence-electron chi connectivity index (χ4n) is 1.65. The van der Waals surface area contributed by atoms with Crippen molar-refractivity contribution >= 4 is 17.6 Å². The van der Waals surface area contributed by atoms with Crippen LogP contribution in [0.15, 0.2) is 0 Å². The number of carbonyl (C=O) groups is 1. The second-order valence-electron chi connectivity index (χ2n) is 4.20. The van der Waals surface area contributed by atoms with E-state index >= 15 is 0 Å². The predicted molar refractivity (Wildman–Crippen MR) is 58.6 cm³/mol. The highest BCUT2D eigenvalue weighted by Crippen LogP contribution is 2.35. The Bertz CT molecular complexity index is 191. The van der Waals surface area contributed by atoms with Crippen LogP contribution in [0, 0.1) is 11.8 Å². The van der Waals surface area contributed by atoms with Crippen LogP contribution in [0.4, 0.5) is 4.79 Å². The Kier molecular flexibility index (Phi) is 4.52. The lowest BCUT2D eigenvalue weighted by Gasteiger charge is -2.22. The molecule has 0 saturated heterocycles. The Balaban J connectivity index is 2.27. The Morgan fingerprint density at radius 2 is 2.14 bits per heavy atom. The maximum absolute atomic E-state index is 11.4. The van der Waals surface area contributed by atoms with Crippen molar-refractivity contribution in [1.29, 1.82) is 0 Å². The molecule has 1 aliphatic rings. The van der Waals surface area contributed by atoms with Crippen LogP contribution in [0.1, 0.15) is 26.7 Å². The van der Waals surface area contributed by atoms with E-state index in [1.165, 1.54) is 12.8 Å². The minimum Gasteiger partial charge on any atom is -0.337 e. The Hall–Kier alpha value is -0.440. The lowest BCUT2D eigenvalue weighted by atomic mass is 10.00. The summed E-state index contributed by atoms with van der Waals surface area (Å²) in [7, 11) is 0. The average molecular weight is 219 g/mol. The summed E-state index contributed by atoms with van der Waals surface area (Å²) in [6.07, 6.45) is 2.50. The molecular formula is C10H19ClN2O. The van der Waals surface area contributed by atoms with Crippen molar-refractivity contribution in [3.05, 3.63) is 0 Å². The molecule has 0 aliphatic heterocycles. The van der Waals surface area contributed by atoms with E-state index in [2.05, 4.69) is 24.5 Å². The maximum atomic E-state index is 11.4. The van der Waals surface area contributed by atoms with Gasteiger partial charge in [0.2, 0.25) is 0 Å². The van der Waals surface area contributed by atoms with Gasteiger partial charge in [0.15, 0.2) is 0 Å². The van der Waals surface area contributed by atoms with Crippen molar-refractivity contribution in [3.8, 4) is 0 Å². The van der Waals surface area contributed by atoms with Crippen LogP contribution in [-0.2, 0) is 0 Å². The second kappa shape index (κ2) is 5.44. The largest absolute Gasteiger partial charge is 0.337 e. The van der Waals surface area contributed by atoms with Gasteiger partial charge in [0, 0.05) is 18.5 Å². The van der Waals surface area contributed by atoms with Gasteiger partial charge in [0.05, 0.1) is 0 Å². The summed E-state index contributed by atoms with van der Waals surface area (Å²) in [5.41, 5.74) is 0. The lowest BCUT2D eigenvalue weighted by Crippen LogP contribution is -2.46. The van der Waals surface area contributed by atoms with E-state index in [0.29, 0.717) is 30.3 Å². The van der Waals surface area contributed by atoms with E-state index in [-0.39, 0.29) is 6.03 Å². The number of rotatable bonds is 5. The summed E-state index contributed by atoms with van der Waals surface area (Å²) in [6, 6.07) is 0.238. The number of hydrogen-bond acceptors (Lipinski definition) is 1. The van der Waals surface area contributed by atoms with Gasteiger partial charge in [-0.15, -0.1) is 11.6 Å². The maximum Gasteiger partial charge on any atom is 0.315 e. The number of nitrogens with one attached hydrogen (secondary N) is 2. The van der Waals surface area contributed by atoms with Crippen molar-refractivity contribution in [2.45, 2.75) is 32.7 Å². The molecule has 2 amide bonds. The summed E-state index contributed by atoms with van der Waals surface area (Å²) >= 11 is 5.48. The van der Waals surface area contributed by atoms with Gasteiger partial charge >= 0.3 is 6.03 Å². The van der Waals surface area contributed by atoms with Crippen molar-refractivity contribution in [2.24, 2.45) is 11.8 Å². The van der Waals surface area contributed by atoms with Gasteiger partial charge in [0.25, 0.3) is 0 Å². The molecule has 0 heterocycles. The third kappa shape index (κ3) is 3.74. The van der Waals surface area contributed by atoms with Crippen LogP contribution in [0.2, 0.25) is 0 Å². The van der Waals surface area contributed by atoms with E-state index in [9.17, 15) is 4.79 Å².